The first kappa shape index (κ1) is 32.2. The SMILES string of the molecule is C[C@@H](/C=C/CCn1cc(C(CO)c2ccccc2)nn1)[C@]1(O)C(=O)N(Cc2ccc(N3C(=O)CCc4ccccc43)cc2)c2ccccc21. The van der Waals surface area contributed by atoms with Gasteiger partial charge in [-0.05, 0) is 53.8 Å². The van der Waals surface area contributed by atoms with Crippen LogP contribution in [-0.2, 0) is 34.7 Å². The second-order valence-electron chi connectivity index (χ2n) is 12.8. The van der Waals surface area contributed by atoms with Crippen molar-refractivity contribution in [1.29, 1.82) is 0 Å². The third kappa shape index (κ3) is 6.07. The number of allylic oxidation sites excluding steroid dienone is 1. The maximum absolute atomic E-state index is 14.0. The molecule has 2 amide bonds. The minimum absolute atomic E-state index is 0.0617. The number of aromatic nitrogens is 3. The van der Waals surface area contributed by atoms with E-state index in [0.29, 0.717) is 36.3 Å². The number of carbonyl (C=O) groups is 2. The Hall–Kier alpha value is -5.38. The van der Waals surface area contributed by atoms with E-state index in [0.717, 1.165) is 34.5 Å². The smallest absolute Gasteiger partial charge is 0.264 e. The highest BCUT2D eigenvalue weighted by molar-refractivity contribution is 6.07. The van der Waals surface area contributed by atoms with Crippen molar-refractivity contribution in [3.05, 3.63) is 149 Å². The summed E-state index contributed by atoms with van der Waals surface area (Å²) in [6, 6.07) is 32.8. The lowest BCUT2D eigenvalue weighted by Crippen LogP contribution is -2.44. The summed E-state index contributed by atoms with van der Waals surface area (Å²) >= 11 is 0. The Labute approximate surface area is 285 Å². The highest BCUT2D eigenvalue weighted by atomic mass is 16.3. The quantitative estimate of drug-likeness (QED) is 0.169. The zero-order valence-corrected chi connectivity index (χ0v) is 27.4. The van der Waals surface area contributed by atoms with Crippen molar-refractivity contribution >= 4 is 28.9 Å². The van der Waals surface area contributed by atoms with Crippen molar-refractivity contribution < 1.29 is 19.8 Å². The second kappa shape index (κ2) is 13.6. The predicted octanol–water partition coefficient (Wildman–Crippen LogP) is 6.03. The minimum Gasteiger partial charge on any atom is -0.395 e. The van der Waals surface area contributed by atoms with Gasteiger partial charge in [0, 0.05) is 36.3 Å². The lowest BCUT2D eigenvalue weighted by atomic mass is 9.83. The van der Waals surface area contributed by atoms with Crippen LogP contribution in [-0.4, -0.2) is 43.6 Å². The monoisotopic (exact) mass is 653 g/mol. The minimum atomic E-state index is -1.72. The van der Waals surface area contributed by atoms with Gasteiger partial charge in [-0.25, -0.2) is 0 Å². The van der Waals surface area contributed by atoms with Crippen molar-refractivity contribution in [1.82, 2.24) is 15.0 Å². The lowest BCUT2D eigenvalue weighted by molar-refractivity contribution is -0.139. The number of hydrogen-bond donors (Lipinski definition) is 2. The molecule has 0 bridgehead atoms. The van der Waals surface area contributed by atoms with E-state index in [2.05, 4.69) is 16.4 Å². The summed E-state index contributed by atoms with van der Waals surface area (Å²) in [6.07, 6.45) is 7.52. The van der Waals surface area contributed by atoms with Crippen molar-refractivity contribution in [2.45, 2.75) is 50.8 Å². The number of anilines is 3. The lowest BCUT2D eigenvalue weighted by Gasteiger charge is -2.30. The Kier molecular flexibility index (Phi) is 8.95. The fraction of sp³-hybridized carbons (Fsp3) is 0.250. The molecule has 7 rings (SSSR count). The molecule has 0 spiro atoms. The summed E-state index contributed by atoms with van der Waals surface area (Å²) in [7, 11) is 0. The molecule has 0 radical (unpaired) electrons. The Morgan fingerprint density at radius 3 is 2.37 bits per heavy atom. The molecule has 3 atom stereocenters. The van der Waals surface area contributed by atoms with E-state index in [4.69, 9.17) is 0 Å². The number of carbonyl (C=O) groups excluding carboxylic acids is 2. The molecule has 1 aromatic heterocycles. The van der Waals surface area contributed by atoms with Crippen LogP contribution >= 0.6 is 0 Å². The molecule has 1 unspecified atom stereocenters. The van der Waals surface area contributed by atoms with Gasteiger partial charge in [0.05, 0.1) is 36.1 Å². The summed E-state index contributed by atoms with van der Waals surface area (Å²) in [4.78, 5) is 30.4. The predicted molar refractivity (Wildman–Crippen MR) is 188 cm³/mol. The highest BCUT2D eigenvalue weighted by Crippen LogP contribution is 2.46. The van der Waals surface area contributed by atoms with Crippen LogP contribution in [0, 0.1) is 5.92 Å². The average molecular weight is 654 g/mol. The molecule has 0 saturated carbocycles. The number of hydrogen-bond acceptors (Lipinski definition) is 6. The third-order valence-corrected chi connectivity index (χ3v) is 9.71. The molecule has 2 aliphatic rings. The number of para-hydroxylation sites is 2. The largest absolute Gasteiger partial charge is 0.395 e. The van der Waals surface area contributed by atoms with Gasteiger partial charge >= 0.3 is 0 Å². The van der Waals surface area contributed by atoms with E-state index < -0.39 is 11.5 Å². The average Bonchev–Trinajstić information content (AvgIpc) is 3.69. The molecule has 0 aliphatic carbocycles. The first-order valence-corrected chi connectivity index (χ1v) is 16.7. The van der Waals surface area contributed by atoms with Gasteiger partial charge in [0.1, 0.15) is 0 Å². The topological polar surface area (TPSA) is 112 Å². The molecule has 9 nitrogen and oxygen atoms in total. The molecule has 0 fully saturated rings. The van der Waals surface area contributed by atoms with E-state index in [9.17, 15) is 19.8 Å². The highest BCUT2D eigenvalue weighted by Gasteiger charge is 2.52. The first-order valence-electron chi connectivity index (χ1n) is 16.7. The number of aliphatic hydroxyl groups excluding tert-OH is 1. The molecule has 9 heteroatoms. The number of aliphatic hydroxyl groups is 2. The van der Waals surface area contributed by atoms with Crippen LogP contribution < -0.4 is 9.80 Å². The molecule has 0 saturated heterocycles. The van der Waals surface area contributed by atoms with Crippen LogP contribution in [0.1, 0.15) is 53.6 Å². The molecular formula is C40H39N5O4. The van der Waals surface area contributed by atoms with E-state index >= 15 is 0 Å². The number of aryl methyl sites for hydroxylation is 2. The Bertz CT molecular complexity index is 1990. The van der Waals surface area contributed by atoms with Crippen molar-refractivity contribution in [2.75, 3.05) is 16.4 Å². The van der Waals surface area contributed by atoms with Crippen molar-refractivity contribution in [3.8, 4) is 0 Å². The number of rotatable bonds is 11. The van der Waals surface area contributed by atoms with Gasteiger partial charge in [-0.15, -0.1) is 5.10 Å². The normalized spacial score (nSPS) is 18.5. The Balaban J connectivity index is 1.03. The van der Waals surface area contributed by atoms with Crippen LogP contribution in [0.5, 0.6) is 0 Å². The van der Waals surface area contributed by atoms with Crippen LogP contribution in [0.3, 0.4) is 0 Å². The third-order valence-electron chi connectivity index (χ3n) is 9.71. The van der Waals surface area contributed by atoms with E-state index in [1.807, 2.05) is 122 Å². The Morgan fingerprint density at radius 2 is 1.59 bits per heavy atom. The molecule has 4 aromatic carbocycles. The van der Waals surface area contributed by atoms with Crippen molar-refractivity contribution in [3.63, 3.8) is 0 Å². The van der Waals surface area contributed by atoms with E-state index in [1.165, 1.54) is 0 Å². The number of amides is 2. The van der Waals surface area contributed by atoms with Crippen LogP contribution in [0.15, 0.2) is 121 Å². The van der Waals surface area contributed by atoms with Gasteiger partial charge in [0.2, 0.25) is 5.91 Å². The zero-order chi connectivity index (χ0) is 34.0. The Morgan fingerprint density at radius 1 is 0.878 bits per heavy atom. The maximum Gasteiger partial charge on any atom is 0.264 e. The van der Waals surface area contributed by atoms with Crippen molar-refractivity contribution in [2.24, 2.45) is 5.92 Å². The molecule has 248 valence electrons. The van der Waals surface area contributed by atoms with Gasteiger partial charge < -0.3 is 15.1 Å². The van der Waals surface area contributed by atoms with Crippen LogP contribution in [0.2, 0.25) is 0 Å². The van der Waals surface area contributed by atoms with Gasteiger partial charge in [0.25, 0.3) is 5.91 Å². The van der Waals surface area contributed by atoms with E-state index in [1.54, 1.807) is 14.5 Å². The molecule has 5 aromatic rings. The van der Waals surface area contributed by atoms with Gasteiger partial charge in [-0.3, -0.25) is 19.2 Å². The standard InChI is InChI=1S/C40H39N5O4/c1-28(11-9-10-24-43-26-35(41-42-43)33(27-46)30-12-3-2-4-13-30)40(49)34-15-6-8-17-37(34)44(39(40)48)25-29-18-21-32(22-19-29)45-36-16-7-5-14-31(36)20-23-38(45)47/h2-9,11-19,21-22,26,28,33,46,49H,10,20,23-25,27H2,1H3/b11-9+/t28-,33?,40+/m0/s1. The first-order chi connectivity index (χ1) is 23.9. The van der Waals surface area contributed by atoms with Gasteiger partial charge in [0.15, 0.2) is 5.60 Å². The molecular weight excluding hydrogens is 614 g/mol. The zero-order valence-electron chi connectivity index (χ0n) is 27.4. The van der Waals surface area contributed by atoms with Gasteiger partial charge in [-0.2, -0.15) is 0 Å². The molecule has 2 aliphatic heterocycles. The number of benzene rings is 4. The summed E-state index contributed by atoms with van der Waals surface area (Å²) in [5.41, 5.74) is 4.97. The number of nitrogens with zero attached hydrogens (tertiary/aromatic N) is 5. The van der Waals surface area contributed by atoms with Crippen LogP contribution in [0.4, 0.5) is 17.1 Å². The molecule has 3 heterocycles. The molecule has 2 N–H and O–H groups in total. The summed E-state index contributed by atoms with van der Waals surface area (Å²) in [6.45, 7) is 2.64. The second-order valence-corrected chi connectivity index (χ2v) is 12.8. The van der Waals surface area contributed by atoms with E-state index in [-0.39, 0.29) is 30.9 Å². The van der Waals surface area contributed by atoms with Gasteiger partial charge in [-0.1, -0.05) is 103 Å². The number of fused-ring (bicyclic) bond motifs is 2. The van der Waals surface area contributed by atoms with Crippen LogP contribution in [0.25, 0.3) is 0 Å². The summed E-state index contributed by atoms with van der Waals surface area (Å²) in [5, 5.41) is 30.6. The maximum atomic E-state index is 14.0. The molecule has 49 heavy (non-hydrogen) atoms. The fourth-order valence-corrected chi connectivity index (χ4v) is 6.99. The summed E-state index contributed by atoms with van der Waals surface area (Å²) in [5.74, 6) is -1.05. The fourth-order valence-electron chi connectivity index (χ4n) is 6.99. The summed E-state index contributed by atoms with van der Waals surface area (Å²) < 4.78 is 1.74.